The summed E-state index contributed by atoms with van der Waals surface area (Å²) in [6, 6.07) is 3.18. The van der Waals surface area contributed by atoms with Crippen molar-refractivity contribution in [3.63, 3.8) is 0 Å². The first-order valence-corrected chi connectivity index (χ1v) is 8.52. The third-order valence-corrected chi connectivity index (χ3v) is 6.48. The Bertz CT molecular complexity index is 345. The molecule has 7 atom stereocenters. The molecule has 6 unspecified atom stereocenters. The Morgan fingerprint density at radius 1 is 1.00 bits per heavy atom. The van der Waals surface area contributed by atoms with E-state index in [-0.39, 0.29) is 0 Å². The molecule has 1 saturated carbocycles. The molecule has 0 amide bonds. The van der Waals surface area contributed by atoms with E-state index in [1.165, 1.54) is 45.1 Å². The molecule has 0 aromatic heterocycles. The molecule has 0 spiro atoms. The molecule has 3 heteroatoms. The Morgan fingerprint density at radius 3 is 2.74 bits per heavy atom. The summed E-state index contributed by atoms with van der Waals surface area (Å²) < 4.78 is 0. The average Bonchev–Trinajstić information content (AvgIpc) is 2.78. The number of nitrogens with zero attached hydrogens (tertiary/aromatic N) is 1. The lowest BCUT2D eigenvalue weighted by molar-refractivity contribution is -0.0290. The van der Waals surface area contributed by atoms with Gasteiger partial charge in [-0.2, -0.15) is 0 Å². The van der Waals surface area contributed by atoms with Gasteiger partial charge in [-0.3, -0.25) is 4.90 Å². The minimum Gasteiger partial charge on any atom is -0.309 e. The highest BCUT2D eigenvalue weighted by atomic mass is 15.4. The molecular formula is C16H29N3. The predicted molar refractivity (Wildman–Crippen MR) is 77.9 cm³/mol. The Hall–Kier alpha value is -0.120. The molecule has 4 fully saturated rings. The number of nitrogens with one attached hydrogen (secondary N) is 2. The first kappa shape index (κ1) is 12.6. The Kier molecular flexibility index (Phi) is 3.13. The molecule has 4 aliphatic rings. The second-order valence-electron chi connectivity index (χ2n) is 7.43. The predicted octanol–water partition coefficient (Wildman–Crippen LogP) is 1.94. The van der Waals surface area contributed by atoms with E-state index < -0.39 is 0 Å². The van der Waals surface area contributed by atoms with Gasteiger partial charge in [0.1, 0.15) is 0 Å². The van der Waals surface area contributed by atoms with Crippen LogP contribution in [0.1, 0.15) is 52.4 Å². The lowest BCUT2D eigenvalue weighted by atomic mass is 9.71. The molecule has 0 radical (unpaired) electrons. The maximum absolute atomic E-state index is 4.07. The van der Waals surface area contributed by atoms with E-state index in [2.05, 4.69) is 29.4 Å². The summed E-state index contributed by atoms with van der Waals surface area (Å²) in [7, 11) is 0. The Balaban J connectivity index is 1.60. The molecule has 108 valence electrons. The van der Waals surface area contributed by atoms with E-state index in [1.807, 2.05) is 0 Å². The SMILES string of the molecule is CC1CC2C3CCCCC3NC2C2CCN[C@H](C)N12. The maximum Gasteiger partial charge on any atom is 0.0573 e. The van der Waals surface area contributed by atoms with Gasteiger partial charge in [0.15, 0.2) is 0 Å². The number of hydrogen-bond donors (Lipinski definition) is 2. The van der Waals surface area contributed by atoms with Gasteiger partial charge < -0.3 is 10.6 Å². The zero-order valence-electron chi connectivity index (χ0n) is 12.4. The highest BCUT2D eigenvalue weighted by Gasteiger charge is 2.52. The zero-order valence-corrected chi connectivity index (χ0v) is 12.4. The van der Waals surface area contributed by atoms with Crippen LogP contribution in [-0.2, 0) is 0 Å². The maximum atomic E-state index is 4.07. The van der Waals surface area contributed by atoms with Crippen molar-refractivity contribution >= 4 is 0 Å². The Morgan fingerprint density at radius 2 is 1.84 bits per heavy atom. The fraction of sp³-hybridized carbons (Fsp3) is 1.00. The van der Waals surface area contributed by atoms with Crippen LogP contribution in [0.4, 0.5) is 0 Å². The van der Waals surface area contributed by atoms with Gasteiger partial charge in [-0.1, -0.05) is 12.8 Å². The molecule has 2 N–H and O–H groups in total. The molecule has 3 nitrogen and oxygen atoms in total. The van der Waals surface area contributed by atoms with Crippen LogP contribution in [0.5, 0.6) is 0 Å². The first-order valence-electron chi connectivity index (χ1n) is 8.52. The van der Waals surface area contributed by atoms with Gasteiger partial charge in [0.2, 0.25) is 0 Å². The number of fused-ring (bicyclic) bond motifs is 5. The van der Waals surface area contributed by atoms with Crippen molar-refractivity contribution < 1.29 is 0 Å². The van der Waals surface area contributed by atoms with Crippen LogP contribution < -0.4 is 10.6 Å². The van der Waals surface area contributed by atoms with Crippen molar-refractivity contribution in [1.29, 1.82) is 0 Å². The molecular weight excluding hydrogens is 234 g/mol. The minimum absolute atomic E-state index is 0.569. The van der Waals surface area contributed by atoms with Gasteiger partial charge in [0.05, 0.1) is 6.17 Å². The summed E-state index contributed by atoms with van der Waals surface area (Å²) in [5.41, 5.74) is 0. The van der Waals surface area contributed by atoms with Crippen molar-refractivity contribution in [2.75, 3.05) is 6.54 Å². The van der Waals surface area contributed by atoms with Crippen molar-refractivity contribution in [2.24, 2.45) is 11.8 Å². The van der Waals surface area contributed by atoms with Crippen LogP contribution in [0.3, 0.4) is 0 Å². The quantitative estimate of drug-likeness (QED) is 0.699. The van der Waals surface area contributed by atoms with Gasteiger partial charge in [0.25, 0.3) is 0 Å². The summed E-state index contributed by atoms with van der Waals surface area (Å²) in [5, 5.41) is 7.72. The van der Waals surface area contributed by atoms with Gasteiger partial charge in [-0.15, -0.1) is 0 Å². The van der Waals surface area contributed by atoms with Crippen LogP contribution in [0, 0.1) is 11.8 Å². The molecule has 3 aliphatic heterocycles. The van der Waals surface area contributed by atoms with Gasteiger partial charge >= 0.3 is 0 Å². The third-order valence-electron chi connectivity index (χ3n) is 6.48. The number of rotatable bonds is 0. The zero-order chi connectivity index (χ0) is 13.0. The molecule has 0 aromatic rings. The number of piperidine rings is 1. The van der Waals surface area contributed by atoms with Crippen LogP contribution in [-0.4, -0.2) is 41.8 Å². The van der Waals surface area contributed by atoms with E-state index >= 15 is 0 Å². The summed E-state index contributed by atoms with van der Waals surface area (Å²) in [6.45, 7) is 6.02. The summed E-state index contributed by atoms with van der Waals surface area (Å²) >= 11 is 0. The monoisotopic (exact) mass is 263 g/mol. The molecule has 19 heavy (non-hydrogen) atoms. The van der Waals surface area contributed by atoms with Crippen LogP contribution in [0.25, 0.3) is 0 Å². The van der Waals surface area contributed by atoms with E-state index in [0.717, 1.165) is 36.0 Å². The highest BCUT2D eigenvalue weighted by molar-refractivity contribution is 5.09. The molecule has 0 aromatic carbocycles. The van der Waals surface area contributed by atoms with Crippen LogP contribution >= 0.6 is 0 Å². The molecule has 3 heterocycles. The summed E-state index contributed by atoms with van der Waals surface area (Å²) in [4.78, 5) is 2.77. The molecule has 3 saturated heterocycles. The standard InChI is InChI=1S/C16H29N3/c1-10-9-13-12-5-3-4-6-14(12)18-16(13)15-7-8-17-11(2)19(10)15/h10-18H,3-9H2,1-2H3/t10?,11-,12?,13?,14?,15?,16?/m0/s1. The van der Waals surface area contributed by atoms with E-state index in [0.29, 0.717) is 6.17 Å². The molecule has 0 bridgehead atoms. The third kappa shape index (κ3) is 1.89. The van der Waals surface area contributed by atoms with Gasteiger partial charge in [0, 0.05) is 24.2 Å². The largest absolute Gasteiger partial charge is 0.309 e. The fourth-order valence-electron chi connectivity index (χ4n) is 5.80. The van der Waals surface area contributed by atoms with Crippen molar-refractivity contribution in [1.82, 2.24) is 15.5 Å². The van der Waals surface area contributed by atoms with E-state index in [9.17, 15) is 0 Å². The van der Waals surface area contributed by atoms with Crippen molar-refractivity contribution in [3.05, 3.63) is 0 Å². The number of hydrogen-bond acceptors (Lipinski definition) is 3. The molecule has 4 rings (SSSR count). The Labute approximate surface area is 117 Å². The lowest BCUT2D eigenvalue weighted by Crippen LogP contribution is -2.67. The smallest absolute Gasteiger partial charge is 0.0573 e. The van der Waals surface area contributed by atoms with Crippen molar-refractivity contribution in [2.45, 2.75) is 82.7 Å². The lowest BCUT2D eigenvalue weighted by Gasteiger charge is -2.53. The highest BCUT2D eigenvalue weighted by Crippen LogP contribution is 2.46. The second kappa shape index (κ2) is 4.71. The van der Waals surface area contributed by atoms with E-state index in [1.54, 1.807) is 0 Å². The second-order valence-corrected chi connectivity index (χ2v) is 7.43. The summed E-state index contributed by atoms with van der Waals surface area (Å²) in [6.07, 6.45) is 9.18. The van der Waals surface area contributed by atoms with Crippen LogP contribution in [0.2, 0.25) is 0 Å². The normalized spacial score (nSPS) is 54.3. The topological polar surface area (TPSA) is 27.3 Å². The van der Waals surface area contributed by atoms with Gasteiger partial charge in [-0.25, -0.2) is 0 Å². The van der Waals surface area contributed by atoms with E-state index in [4.69, 9.17) is 0 Å². The fourth-order valence-corrected chi connectivity index (χ4v) is 5.80. The minimum atomic E-state index is 0.569. The van der Waals surface area contributed by atoms with Crippen LogP contribution in [0.15, 0.2) is 0 Å². The first-order chi connectivity index (χ1) is 9.25. The summed E-state index contributed by atoms with van der Waals surface area (Å²) in [5.74, 6) is 1.96. The average molecular weight is 263 g/mol. The van der Waals surface area contributed by atoms with Gasteiger partial charge in [-0.05, 0) is 57.9 Å². The molecule has 1 aliphatic carbocycles. The van der Waals surface area contributed by atoms with Crippen molar-refractivity contribution in [3.8, 4) is 0 Å².